The molecule has 1 amide bonds. The Morgan fingerprint density at radius 1 is 1.04 bits per heavy atom. The lowest BCUT2D eigenvalue weighted by molar-refractivity contribution is -0.116. The van der Waals surface area contributed by atoms with Crippen molar-refractivity contribution in [3.05, 3.63) is 54.4 Å². The predicted octanol–water partition coefficient (Wildman–Crippen LogP) is 1.95. The monoisotopic (exact) mass is 353 g/mol. The number of anilines is 2. The summed E-state index contributed by atoms with van der Waals surface area (Å²) in [5.41, 5.74) is 3.23. The third kappa shape index (κ3) is 5.54. The van der Waals surface area contributed by atoms with E-state index in [0.717, 1.165) is 38.4 Å². The van der Waals surface area contributed by atoms with E-state index in [0.29, 0.717) is 13.0 Å². The molecule has 1 aromatic heterocycles. The first kappa shape index (κ1) is 18.4. The second-order valence-corrected chi connectivity index (χ2v) is 6.67. The molecule has 0 aliphatic carbocycles. The number of carbonyl (C=O) groups excluding carboxylic acids is 1. The molecule has 1 aliphatic rings. The van der Waals surface area contributed by atoms with Crippen molar-refractivity contribution < 1.29 is 4.79 Å². The van der Waals surface area contributed by atoms with Crippen molar-refractivity contribution in [1.29, 1.82) is 0 Å². The van der Waals surface area contributed by atoms with Crippen molar-refractivity contribution >= 4 is 17.3 Å². The number of likely N-dealkylation sites (N-methyl/N-ethyl adjacent to an activating group) is 1. The van der Waals surface area contributed by atoms with Gasteiger partial charge in [-0.25, -0.2) is 0 Å². The van der Waals surface area contributed by atoms with Gasteiger partial charge in [-0.1, -0.05) is 0 Å². The number of piperazine rings is 1. The zero-order chi connectivity index (χ0) is 18.2. The highest BCUT2D eigenvalue weighted by atomic mass is 16.1. The Labute approximate surface area is 155 Å². The van der Waals surface area contributed by atoms with E-state index >= 15 is 0 Å². The van der Waals surface area contributed by atoms with E-state index in [4.69, 9.17) is 0 Å². The molecule has 0 unspecified atom stereocenters. The van der Waals surface area contributed by atoms with Crippen LogP contribution in [-0.2, 0) is 11.3 Å². The van der Waals surface area contributed by atoms with Crippen LogP contribution in [0.1, 0.15) is 12.0 Å². The Balaban J connectivity index is 1.38. The van der Waals surface area contributed by atoms with Gasteiger partial charge in [-0.15, -0.1) is 0 Å². The molecule has 3 rings (SSSR count). The summed E-state index contributed by atoms with van der Waals surface area (Å²) in [5, 5.41) is 6.24. The van der Waals surface area contributed by atoms with E-state index in [-0.39, 0.29) is 5.91 Å². The summed E-state index contributed by atoms with van der Waals surface area (Å²) in [7, 11) is 2.15. The molecule has 26 heavy (non-hydrogen) atoms. The molecule has 1 saturated heterocycles. The van der Waals surface area contributed by atoms with Crippen LogP contribution in [0.3, 0.4) is 0 Å². The Kier molecular flexibility index (Phi) is 6.57. The molecule has 1 fully saturated rings. The molecule has 1 aliphatic heterocycles. The molecule has 0 saturated carbocycles. The topological polar surface area (TPSA) is 60.5 Å². The maximum atomic E-state index is 12.1. The zero-order valence-electron chi connectivity index (χ0n) is 15.3. The summed E-state index contributed by atoms with van der Waals surface area (Å²) in [6.07, 6.45) is 4.00. The number of carbonyl (C=O) groups is 1. The normalized spacial score (nSPS) is 15.0. The first-order valence-corrected chi connectivity index (χ1v) is 9.14. The van der Waals surface area contributed by atoms with E-state index in [1.165, 1.54) is 11.3 Å². The largest absolute Gasteiger partial charge is 0.369 e. The molecule has 6 heteroatoms. The van der Waals surface area contributed by atoms with Crippen LogP contribution in [0, 0.1) is 0 Å². The molecule has 0 bridgehead atoms. The van der Waals surface area contributed by atoms with Crippen molar-refractivity contribution in [3.63, 3.8) is 0 Å². The van der Waals surface area contributed by atoms with Gasteiger partial charge < -0.3 is 20.4 Å². The van der Waals surface area contributed by atoms with Crippen LogP contribution in [-0.4, -0.2) is 55.6 Å². The first-order valence-electron chi connectivity index (χ1n) is 9.14. The second-order valence-electron chi connectivity index (χ2n) is 6.67. The van der Waals surface area contributed by atoms with Gasteiger partial charge >= 0.3 is 0 Å². The van der Waals surface area contributed by atoms with Gasteiger partial charge in [-0.05, 0) is 49.0 Å². The Morgan fingerprint density at radius 3 is 2.42 bits per heavy atom. The molecular formula is C20H27N5O. The van der Waals surface area contributed by atoms with Crippen LogP contribution >= 0.6 is 0 Å². The van der Waals surface area contributed by atoms with Gasteiger partial charge in [0, 0.05) is 69.5 Å². The molecule has 6 nitrogen and oxygen atoms in total. The number of nitrogens with one attached hydrogen (secondary N) is 2. The third-order valence-corrected chi connectivity index (χ3v) is 4.63. The van der Waals surface area contributed by atoms with Crippen LogP contribution in [0.4, 0.5) is 11.4 Å². The van der Waals surface area contributed by atoms with E-state index < -0.39 is 0 Å². The summed E-state index contributed by atoms with van der Waals surface area (Å²) in [6, 6.07) is 12.1. The number of pyridine rings is 1. The summed E-state index contributed by atoms with van der Waals surface area (Å²) in [6.45, 7) is 5.66. The number of hydrogen-bond donors (Lipinski definition) is 2. The number of hydrogen-bond acceptors (Lipinski definition) is 5. The quantitative estimate of drug-likeness (QED) is 0.745. The van der Waals surface area contributed by atoms with E-state index in [1.807, 2.05) is 24.3 Å². The number of aromatic nitrogens is 1. The highest BCUT2D eigenvalue weighted by Gasteiger charge is 2.14. The fourth-order valence-corrected chi connectivity index (χ4v) is 2.98. The van der Waals surface area contributed by atoms with E-state index in [9.17, 15) is 4.79 Å². The van der Waals surface area contributed by atoms with Crippen LogP contribution in [0.25, 0.3) is 0 Å². The zero-order valence-corrected chi connectivity index (χ0v) is 15.3. The van der Waals surface area contributed by atoms with Gasteiger partial charge in [-0.2, -0.15) is 0 Å². The molecular weight excluding hydrogens is 326 g/mol. The maximum Gasteiger partial charge on any atom is 0.225 e. The fraction of sp³-hybridized carbons (Fsp3) is 0.400. The average Bonchev–Trinajstić information content (AvgIpc) is 2.67. The van der Waals surface area contributed by atoms with Gasteiger partial charge in [0.15, 0.2) is 0 Å². The number of benzene rings is 1. The minimum atomic E-state index is 0.0274. The van der Waals surface area contributed by atoms with Crippen molar-refractivity contribution in [2.24, 2.45) is 0 Å². The predicted molar refractivity (Wildman–Crippen MR) is 105 cm³/mol. The Morgan fingerprint density at radius 2 is 1.73 bits per heavy atom. The summed E-state index contributed by atoms with van der Waals surface area (Å²) < 4.78 is 0. The van der Waals surface area contributed by atoms with E-state index in [2.05, 4.69) is 44.6 Å². The van der Waals surface area contributed by atoms with Gasteiger partial charge in [0.2, 0.25) is 5.91 Å². The summed E-state index contributed by atoms with van der Waals surface area (Å²) in [5.74, 6) is 0.0274. The SMILES string of the molecule is CN1CCN(c2ccc(NC(=O)CCNCc3ccncc3)cc2)CC1. The minimum Gasteiger partial charge on any atom is -0.369 e. The Hall–Kier alpha value is -2.44. The molecule has 0 radical (unpaired) electrons. The number of amides is 1. The highest BCUT2D eigenvalue weighted by molar-refractivity contribution is 5.91. The van der Waals surface area contributed by atoms with Gasteiger partial charge in [0.05, 0.1) is 0 Å². The molecule has 2 N–H and O–H groups in total. The second kappa shape index (κ2) is 9.31. The standard InChI is InChI=1S/C20H27N5O/c1-24-12-14-25(15-13-24)19-4-2-18(3-5-19)23-20(26)8-11-22-16-17-6-9-21-10-7-17/h2-7,9-10,22H,8,11-16H2,1H3,(H,23,26). The fourth-order valence-electron chi connectivity index (χ4n) is 2.98. The van der Waals surface area contributed by atoms with Gasteiger partial charge in [-0.3, -0.25) is 9.78 Å². The third-order valence-electron chi connectivity index (χ3n) is 4.63. The molecule has 0 spiro atoms. The van der Waals surface area contributed by atoms with Crippen LogP contribution in [0.15, 0.2) is 48.8 Å². The highest BCUT2D eigenvalue weighted by Crippen LogP contribution is 2.19. The van der Waals surface area contributed by atoms with Crippen LogP contribution in [0.5, 0.6) is 0 Å². The molecule has 2 aromatic rings. The first-order chi connectivity index (χ1) is 12.7. The molecule has 1 aromatic carbocycles. The van der Waals surface area contributed by atoms with Crippen LogP contribution < -0.4 is 15.5 Å². The minimum absolute atomic E-state index is 0.0274. The summed E-state index contributed by atoms with van der Waals surface area (Å²) >= 11 is 0. The summed E-state index contributed by atoms with van der Waals surface area (Å²) in [4.78, 5) is 20.8. The van der Waals surface area contributed by atoms with Crippen molar-refractivity contribution in [2.75, 3.05) is 50.0 Å². The molecule has 2 heterocycles. The van der Waals surface area contributed by atoms with Gasteiger partial charge in [0.1, 0.15) is 0 Å². The lowest BCUT2D eigenvalue weighted by Gasteiger charge is -2.34. The lowest BCUT2D eigenvalue weighted by Crippen LogP contribution is -2.44. The lowest BCUT2D eigenvalue weighted by atomic mass is 10.2. The molecule has 138 valence electrons. The van der Waals surface area contributed by atoms with Crippen molar-refractivity contribution in [1.82, 2.24) is 15.2 Å². The van der Waals surface area contributed by atoms with Crippen LogP contribution in [0.2, 0.25) is 0 Å². The van der Waals surface area contributed by atoms with Gasteiger partial charge in [0.25, 0.3) is 0 Å². The van der Waals surface area contributed by atoms with Crippen molar-refractivity contribution in [2.45, 2.75) is 13.0 Å². The Bertz CT molecular complexity index is 681. The average molecular weight is 353 g/mol. The number of rotatable bonds is 7. The number of nitrogens with zero attached hydrogens (tertiary/aromatic N) is 3. The van der Waals surface area contributed by atoms with E-state index in [1.54, 1.807) is 12.4 Å². The maximum absolute atomic E-state index is 12.1. The van der Waals surface area contributed by atoms with Crippen molar-refractivity contribution in [3.8, 4) is 0 Å². The molecule has 0 atom stereocenters. The smallest absolute Gasteiger partial charge is 0.225 e.